The molecule has 1 saturated carbocycles. The van der Waals surface area contributed by atoms with Crippen LogP contribution < -0.4 is 16.4 Å². The SMILES string of the molecule is Cc1cc(NCC(=O)N[C@@H]2CCCC[C@@H]2C)ccc1C(N)=O. The molecule has 1 aromatic rings. The molecule has 2 rings (SSSR count). The van der Waals surface area contributed by atoms with Crippen LogP contribution in [0.4, 0.5) is 5.69 Å². The quantitative estimate of drug-likeness (QED) is 0.779. The molecule has 2 amide bonds. The predicted octanol–water partition coefficient (Wildman–Crippen LogP) is 2.20. The molecule has 1 aliphatic carbocycles. The molecule has 1 aromatic carbocycles. The van der Waals surface area contributed by atoms with Gasteiger partial charge in [0.2, 0.25) is 11.8 Å². The van der Waals surface area contributed by atoms with Crippen molar-refractivity contribution in [2.24, 2.45) is 11.7 Å². The van der Waals surface area contributed by atoms with Gasteiger partial charge in [0.25, 0.3) is 0 Å². The molecule has 4 N–H and O–H groups in total. The van der Waals surface area contributed by atoms with Gasteiger partial charge in [-0.05, 0) is 49.4 Å². The maximum atomic E-state index is 12.0. The Kier molecular flexibility index (Phi) is 5.41. The summed E-state index contributed by atoms with van der Waals surface area (Å²) >= 11 is 0. The molecule has 2 atom stereocenters. The van der Waals surface area contributed by atoms with E-state index in [-0.39, 0.29) is 12.5 Å². The lowest BCUT2D eigenvalue weighted by Gasteiger charge is -2.29. The van der Waals surface area contributed by atoms with Crippen molar-refractivity contribution in [3.8, 4) is 0 Å². The van der Waals surface area contributed by atoms with Crippen LogP contribution in [-0.2, 0) is 4.79 Å². The number of carbonyl (C=O) groups is 2. The molecule has 0 bridgehead atoms. The largest absolute Gasteiger partial charge is 0.376 e. The highest BCUT2D eigenvalue weighted by molar-refractivity contribution is 5.94. The molecule has 0 aliphatic heterocycles. The molecule has 1 aliphatic rings. The fourth-order valence-electron chi connectivity index (χ4n) is 3.02. The summed E-state index contributed by atoms with van der Waals surface area (Å²) < 4.78 is 0. The third kappa shape index (κ3) is 4.23. The van der Waals surface area contributed by atoms with Gasteiger partial charge in [-0.2, -0.15) is 0 Å². The minimum atomic E-state index is -0.437. The van der Waals surface area contributed by atoms with E-state index in [1.54, 1.807) is 12.1 Å². The van der Waals surface area contributed by atoms with E-state index in [9.17, 15) is 9.59 Å². The monoisotopic (exact) mass is 303 g/mol. The Bertz CT molecular complexity index is 557. The highest BCUT2D eigenvalue weighted by Gasteiger charge is 2.22. The van der Waals surface area contributed by atoms with Gasteiger partial charge in [-0.1, -0.05) is 19.8 Å². The van der Waals surface area contributed by atoms with Crippen LogP contribution in [0, 0.1) is 12.8 Å². The van der Waals surface area contributed by atoms with E-state index in [4.69, 9.17) is 5.73 Å². The van der Waals surface area contributed by atoms with Gasteiger partial charge in [-0.25, -0.2) is 0 Å². The second kappa shape index (κ2) is 7.29. The third-order valence-corrected chi connectivity index (χ3v) is 4.40. The molecule has 0 aromatic heterocycles. The minimum Gasteiger partial charge on any atom is -0.376 e. The lowest BCUT2D eigenvalue weighted by Crippen LogP contribution is -2.43. The predicted molar refractivity (Wildman–Crippen MR) is 87.7 cm³/mol. The van der Waals surface area contributed by atoms with Gasteiger partial charge in [0.05, 0.1) is 6.54 Å². The maximum absolute atomic E-state index is 12.0. The average Bonchev–Trinajstić information content (AvgIpc) is 2.47. The van der Waals surface area contributed by atoms with Crippen molar-refractivity contribution in [3.05, 3.63) is 29.3 Å². The second-order valence-corrected chi connectivity index (χ2v) is 6.18. The Morgan fingerprint density at radius 1 is 1.27 bits per heavy atom. The van der Waals surface area contributed by atoms with Crippen molar-refractivity contribution in [3.63, 3.8) is 0 Å². The highest BCUT2D eigenvalue weighted by atomic mass is 16.2. The normalized spacial score (nSPS) is 21.2. The van der Waals surface area contributed by atoms with Gasteiger partial charge in [0.15, 0.2) is 0 Å². The molecular weight excluding hydrogens is 278 g/mol. The van der Waals surface area contributed by atoms with E-state index < -0.39 is 5.91 Å². The summed E-state index contributed by atoms with van der Waals surface area (Å²) in [6.07, 6.45) is 4.71. The fourth-order valence-corrected chi connectivity index (χ4v) is 3.02. The lowest BCUT2D eigenvalue weighted by atomic mass is 9.86. The van der Waals surface area contributed by atoms with E-state index in [0.717, 1.165) is 17.7 Å². The molecule has 0 unspecified atom stereocenters. The van der Waals surface area contributed by atoms with E-state index in [2.05, 4.69) is 17.6 Å². The molecule has 0 spiro atoms. The van der Waals surface area contributed by atoms with E-state index in [1.165, 1.54) is 19.3 Å². The highest BCUT2D eigenvalue weighted by Crippen LogP contribution is 2.23. The smallest absolute Gasteiger partial charge is 0.248 e. The molecular formula is C17H25N3O2. The number of carbonyl (C=O) groups excluding carboxylic acids is 2. The standard InChI is InChI=1S/C17H25N3O2/c1-11-5-3-4-6-15(11)20-16(21)10-19-13-7-8-14(17(18)22)12(2)9-13/h7-9,11,15,19H,3-6,10H2,1-2H3,(H2,18,22)(H,20,21)/t11-,15+/m0/s1. The van der Waals surface area contributed by atoms with Crippen molar-refractivity contribution in [2.45, 2.75) is 45.6 Å². The minimum absolute atomic E-state index is 0.00961. The number of amides is 2. The van der Waals surface area contributed by atoms with Crippen LogP contribution in [0.1, 0.15) is 48.5 Å². The first kappa shape index (κ1) is 16.3. The summed E-state index contributed by atoms with van der Waals surface area (Å²) in [6.45, 7) is 4.26. The second-order valence-electron chi connectivity index (χ2n) is 6.18. The summed E-state index contributed by atoms with van der Waals surface area (Å²) in [4.78, 5) is 23.2. The molecule has 22 heavy (non-hydrogen) atoms. The average molecular weight is 303 g/mol. The Morgan fingerprint density at radius 2 is 2.00 bits per heavy atom. The lowest BCUT2D eigenvalue weighted by molar-refractivity contribution is -0.120. The van der Waals surface area contributed by atoms with Crippen molar-refractivity contribution >= 4 is 17.5 Å². The number of primary amides is 1. The van der Waals surface area contributed by atoms with Crippen LogP contribution >= 0.6 is 0 Å². The van der Waals surface area contributed by atoms with Crippen molar-refractivity contribution in [1.29, 1.82) is 0 Å². The zero-order chi connectivity index (χ0) is 16.1. The third-order valence-electron chi connectivity index (χ3n) is 4.40. The van der Waals surface area contributed by atoms with Gasteiger partial charge in [0, 0.05) is 17.3 Å². The molecule has 0 heterocycles. The van der Waals surface area contributed by atoms with Crippen LogP contribution in [0.15, 0.2) is 18.2 Å². The summed E-state index contributed by atoms with van der Waals surface area (Å²) in [7, 11) is 0. The molecule has 5 nitrogen and oxygen atoms in total. The molecule has 1 fully saturated rings. The first-order valence-electron chi connectivity index (χ1n) is 7.91. The van der Waals surface area contributed by atoms with E-state index in [1.807, 2.05) is 13.0 Å². The number of hydrogen-bond acceptors (Lipinski definition) is 3. The number of anilines is 1. The molecule has 0 radical (unpaired) electrons. The Balaban J connectivity index is 1.85. The van der Waals surface area contributed by atoms with E-state index >= 15 is 0 Å². The van der Waals surface area contributed by atoms with Crippen LogP contribution in [0.3, 0.4) is 0 Å². The summed E-state index contributed by atoms with van der Waals surface area (Å²) in [6, 6.07) is 5.57. The zero-order valence-electron chi connectivity index (χ0n) is 13.3. The fraction of sp³-hybridized carbons (Fsp3) is 0.529. The van der Waals surface area contributed by atoms with Gasteiger partial charge < -0.3 is 16.4 Å². The van der Waals surface area contributed by atoms with Crippen molar-refractivity contribution in [2.75, 3.05) is 11.9 Å². The van der Waals surface area contributed by atoms with Gasteiger partial charge in [-0.15, -0.1) is 0 Å². The molecule has 120 valence electrons. The Labute approximate surface area is 131 Å². The summed E-state index contributed by atoms with van der Waals surface area (Å²) in [5.74, 6) is 0.123. The molecule has 5 heteroatoms. The van der Waals surface area contributed by atoms with Crippen molar-refractivity contribution in [1.82, 2.24) is 5.32 Å². The van der Waals surface area contributed by atoms with Crippen LogP contribution in [0.25, 0.3) is 0 Å². The number of aryl methyl sites for hydroxylation is 1. The number of nitrogens with one attached hydrogen (secondary N) is 2. The number of nitrogens with two attached hydrogens (primary N) is 1. The van der Waals surface area contributed by atoms with Crippen LogP contribution in [0.5, 0.6) is 0 Å². The van der Waals surface area contributed by atoms with Crippen molar-refractivity contribution < 1.29 is 9.59 Å². The molecule has 0 saturated heterocycles. The number of benzene rings is 1. The van der Waals surface area contributed by atoms with Crippen LogP contribution in [0.2, 0.25) is 0 Å². The summed E-state index contributed by atoms with van der Waals surface area (Å²) in [5, 5.41) is 6.20. The van der Waals surface area contributed by atoms with Gasteiger partial charge >= 0.3 is 0 Å². The van der Waals surface area contributed by atoms with E-state index in [0.29, 0.717) is 17.5 Å². The van der Waals surface area contributed by atoms with Crippen LogP contribution in [-0.4, -0.2) is 24.4 Å². The topological polar surface area (TPSA) is 84.2 Å². The number of rotatable bonds is 5. The Hall–Kier alpha value is -2.04. The number of hydrogen-bond donors (Lipinski definition) is 3. The van der Waals surface area contributed by atoms with Gasteiger partial charge in [-0.3, -0.25) is 9.59 Å². The maximum Gasteiger partial charge on any atom is 0.248 e. The van der Waals surface area contributed by atoms with Gasteiger partial charge in [0.1, 0.15) is 0 Å². The summed E-state index contributed by atoms with van der Waals surface area (Å²) in [5.41, 5.74) is 7.40. The Morgan fingerprint density at radius 3 is 2.64 bits per heavy atom. The zero-order valence-corrected chi connectivity index (χ0v) is 13.3. The first-order valence-corrected chi connectivity index (χ1v) is 7.91. The first-order chi connectivity index (χ1) is 10.5.